The quantitative estimate of drug-likeness (QED) is 0.538. The van der Waals surface area contributed by atoms with E-state index >= 15 is 0 Å². The molecule has 9 heavy (non-hydrogen) atoms. The second-order valence-corrected chi connectivity index (χ2v) is 1.80. The third-order valence-corrected chi connectivity index (χ3v) is 0.928. The van der Waals surface area contributed by atoms with E-state index < -0.39 is 0 Å². The summed E-state index contributed by atoms with van der Waals surface area (Å²) < 4.78 is 0. The molecule has 52 valence electrons. The normalized spacial score (nSPS) is 14.0. The predicted octanol–water partition coefficient (Wildman–Crippen LogP) is 0.438. The van der Waals surface area contributed by atoms with Gasteiger partial charge in [0.1, 0.15) is 0 Å². The number of hydrogen-bond donors (Lipinski definition) is 2. The molecule has 0 aliphatic rings. The lowest BCUT2D eigenvalue weighted by molar-refractivity contribution is 0.342. The monoisotopic (exact) mass is 127 g/mol. The van der Waals surface area contributed by atoms with Crippen molar-refractivity contribution in [2.45, 2.75) is 12.5 Å². The summed E-state index contributed by atoms with van der Waals surface area (Å²) in [6.07, 6.45) is 5.92. The Bertz CT molecular complexity index is 99.1. The first-order chi connectivity index (χ1) is 4.31. The maximum Gasteiger partial charge on any atom is 0.0612 e. The number of aliphatic hydroxyl groups excluding tert-OH is 1. The molecule has 0 rings (SSSR count). The smallest absolute Gasteiger partial charge is 0.0612 e. The van der Waals surface area contributed by atoms with E-state index in [0.29, 0.717) is 0 Å². The first-order valence-corrected chi connectivity index (χ1v) is 2.95. The standard InChI is InChI=1S/C7H13NO/c1-2-4-7(8)5-3-6-9/h2-3,5,7,9H,1,4,6,8H2/b5-3+. The molecule has 0 aliphatic heterocycles. The fraction of sp³-hybridized carbons (Fsp3) is 0.429. The molecule has 0 aromatic heterocycles. The van der Waals surface area contributed by atoms with Crippen molar-refractivity contribution in [3.05, 3.63) is 24.8 Å². The van der Waals surface area contributed by atoms with Crippen LogP contribution in [0.5, 0.6) is 0 Å². The molecule has 0 amide bonds. The molecule has 0 radical (unpaired) electrons. The molecule has 0 spiro atoms. The largest absolute Gasteiger partial charge is 0.392 e. The number of hydrogen-bond acceptors (Lipinski definition) is 2. The second kappa shape index (κ2) is 5.54. The minimum Gasteiger partial charge on any atom is -0.392 e. The number of rotatable bonds is 4. The van der Waals surface area contributed by atoms with Crippen LogP contribution >= 0.6 is 0 Å². The molecule has 2 nitrogen and oxygen atoms in total. The van der Waals surface area contributed by atoms with E-state index in [9.17, 15) is 0 Å². The summed E-state index contributed by atoms with van der Waals surface area (Å²) in [6.45, 7) is 3.59. The van der Waals surface area contributed by atoms with Gasteiger partial charge in [0.05, 0.1) is 6.61 Å². The lowest BCUT2D eigenvalue weighted by Crippen LogP contribution is -2.15. The van der Waals surface area contributed by atoms with Crippen LogP contribution in [0.3, 0.4) is 0 Å². The fourth-order valence-corrected chi connectivity index (χ4v) is 0.507. The van der Waals surface area contributed by atoms with Crippen LogP contribution in [0, 0.1) is 0 Å². The van der Waals surface area contributed by atoms with Crippen LogP contribution in [0.15, 0.2) is 24.8 Å². The molecule has 0 aliphatic carbocycles. The van der Waals surface area contributed by atoms with Gasteiger partial charge in [-0.05, 0) is 6.42 Å². The SMILES string of the molecule is C=CCC(N)/C=C/CO. The Kier molecular flexibility index (Phi) is 5.17. The summed E-state index contributed by atoms with van der Waals surface area (Å²) in [5.74, 6) is 0. The fourth-order valence-electron chi connectivity index (χ4n) is 0.507. The van der Waals surface area contributed by atoms with Gasteiger partial charge in [-0.25, -0.2) is 0 Å². The van der Waals surface area contributed by atoms with Gasteiger partial charge < -0.3 is 10.8 Å². The average Bonchev–Trinajstić information content (AvgIpc) is 1.85. The molecule has 2 heteroatoms. The topological polar surface area (TPSA) is 46.2 Å². The Morgan fingerprint density at radius 1 is 1.67 bits per heavy atom. The van der Waals surface area contributed by atoms with Gasteiger partial charge in [0.15, 0.2) is 0 Å². The van der Waals surface area contributed by atoms with Crippen molar-refractivity contribution in [2.75, 3.05) is 6.61 Å². The van der Waals surface area contributed by atoms with Gasteiger partial charge in [0.25, 0.3) is 0 Å². The van der Waals surface area contributed by atoms with Gasteiger partial charge in [-0.3, -0.25) is 0 Å². The van der Waals surface area contributed by atoms with E-state index in [4.69, 9.17) is 10.8 Å². The zero-order chi connectivity index (χ0) is 7.11. The third kappa shape index (κ3) is 5.27. The van der Waals surface area contributed by atoms with Crippen LogP contribution in [-0.2, 0) is 0 Å². The van der Waals surface area contributed by atoms with Crippen molar-refractivity contribution in [1.82, 2.24) is 0 Å². The molecule has 1 unspecified atom stereocenters. The highest BCUT2D eigenvalue weighted by molar-refractivity contribution is 4.94. The highest BCUT2D eigenvalue weighted by atomic mass is 16.2. The van der Waals surface area contributed by atoms with Crippen LogP contribution in [0.1, 0.15) is 6.42 Å². The van der Waals surface area contributed by atoms with Crippen LogP contribution in [0.2, 0.25) is 0 Å². The molecule has 0 fully saturated rings. The van der Waals surface area contributed by atoms with Crippen LogP contribution in [0.4, 0.5) is 0 Å². The van der Waals surface area contributed by atoms with E-state index in [1.165, 1.54) is 0 Å². The molecular weight excluding hydrogens is 114 g/mol. The van der Waals surface area contributed by atoms with Gasteiger partial charge in [-0.15, -0.1) is 6.58 Å². The lowest BCUT2D eigenvalue weighted by atomic mass is 10.2. The Labute approximate surface area is 55.7 Å². The van der Waals surface area contributed by atoms with Gasteiger partial charge in [-0.2, -0.15) is 0 Å². The van der Waals surface area contributed by atoms with Crippen molar-refractivity contribution in [3.8, 4) is 0 Å². The van der Waals surface area contributed by atoms with Crippen molar-refractivity contribution < 1.29 is 5.11 Å². The highest BCUT2D eigenvalue weighted by Gasteiger charge is 1.89. The third-order valence-electron chi connectivity index (χ3n) is 0.928. The summed E-state index contributed by atoms with van der Waals surface area (Å²) >= 11 is 0. The zero-order valence-electron chi connectivity index (χ0n) is 5.46. The molecule has 0 heterocycles. The Hall–Kier alpha value is -0.600. The summed E-state index contributed by atoms with van der Waals surface area (Å²) in [4.78, 5) is 0. The molecule has 0 aromatic carbocycles. The molecule has 0 saturated carbocycles. The first kappa shape index (κ1) is 8.40. The number of aliphatic hydroxyl groups is 1. The molecule has 3 N–H and O–H groups in total. The summed E-state index contributed by atoms with van der Waals surface area (Å²) in [5, 5.41) is 8.32. The molecular formula is C7H13NO. The Balaban J connectivity index is 3.35. The summed E-state index contributed by atoms with van der Waals surface area (Å²) in [7, 11) is 0. The Morgan fingerprint density at radius 2 is 2.33 bits per heavy atom. The molecule has 0 saturated heterocycles. The minimum atomic E-state index is 0.00894. The van der Waals surface area contributed by atoms with E-state index in [-0.39, 0.29) is 12.6 Å². The van der Waals surface area contributed by atoms with Gasteiger partial charge >= 0.3 is 0 Å². The van der Waals surface area contributed by atoms with Crippen LogP contribution < -0.4 is 5.73 Å². The van der Waals surface area contributed by atoms with Crippen molar-refractivity contribution >= 4 is 0 Å². The maximum atomic E-state index is 8.32. The molecule has 1 atom stereocenters. The highest BCUT2D eigenvalue weighted by Crippen LogP contribution is 1.89. The van der Waals surface area contributed by atoms with Crippen LogP contribution in [0.25, 0.3) is 0 Å². The lowest BCUT2D eigenvalue weighted by Gasteiger charge is -1.98. The van der Waals surface area contributed by atoms with Crippen molar-refractivity contribution in [1.29, 1.82) is 0 Å². The first-order valence-electron chi connectivity index (χ1n) is 2.95. The minimum absolute atomic E-state index is 0.00894. The summed E-state index contributed by atoms with van der Waals surface area (Å²) in [6, 6.07) is 0.00894. The van der Waals surface area contributed by atoms with Crippen molar-refractivity contribution in [2.24, 2.45) is 5.73 Å². The second-order valence-electron chi connectivity index (χ2n) is 1.80. The average molecular weight is 127 g/mol. The Morgan fingerprint density at radius 3 is 2.78 bits per heavy atom. The van der Waals surface area contributed by atoms with E-state index in [1.807, 2.05) is 0 Å². The van der Waals surface area contributed by atoms with Gasteiger partial charge in [0.2, 0.25) is 0 Å². The molecule has 0 bridgehead atoms. The van der Waals surface area contributed by atoms with E-state index in [1.54, 1.807) is 18.2 Å². The zero-order valence-corrected chi connectivity index (χ0v) is 5.46. The predicted molar refractivity (Wildman–Crippen MR) is 39.0 cm³/mol. The van der Waals surface area contributed by atoms with Crippen LogP contribution in [-0.4, -0.2) is 17.8 Å². The van der Waals surface area contributed by atoms with Crippen molar-refractivity contribution in [3.63, 3.8) is 0 Å². The van der Waals surface area contributed by atoms with Gasteiger partial charge in [0, 0.05) is 6.04 Å². The molecule has 0 aromatic rings. The van der Waals surface area contributed by atoms with Gasteiger partial charge in [-0.1, -0.05) is 18.2 Å². The summed E-state index contributed by atoms with van der Waals surface area (Å²) in [5.41, 5.74) is 5.50. The van der Waals surface area contributed by atoms with E-state index in [0.717, 1.165) is 6.42 Å². The number of nitrogens with two attached hydrogens (primary N) is 1. The van der Waals surface area contributed by atoms with E-state index in [2.05, 4.69) is 6.58 Å². The maximum absolute atomic E-state index is 8.32.